The number of rotatable bonds is 1. The molecule has 1 atom stereocenters. The van der Waals surface area contributed by atoms with Crippen molar-refractivity contribution in [3.05, 3.63) is 29.8 Å². The van der Waals surface area contributed by atoms with Gasteiger partial charge in [-0.1, -0.05) is 43.9 Å². The van der Waals surface area contributed by atoms with Crippen LogP contribution < -0.4 is 10.6 Å². The second kappa shape index (κ2) is 5.31. The lowest BCUT2D eigenvalue weighted by molar-refractivity contribution is 0.483. The first-order chi connectivity index (χ1) is 8.86. The Bertz CT molecular complexity index is 394. The second-order valence-electron chi connectivity index (χ2n) is 5.79. The fraction of sp³-hybridized carbons (Fsp3) is 0.625. The maximum atomic E-state index is 6.24. The molecule has 1 aliphatic carbocycles. The summed E-state index contributed by atoms with van der Waals surface area (Å²) in [7, 11) is 0. The van der Waals surface area contributed by atoms with E-state index >= 15 is 0 Å². The first-order valence-corrected chi connectivity index (χ1v) is 7.47. The summed E-state index contributed by atoms with van der Waals surface area (Å²) in [6.07, 6.45) is 9.47. The van der Waals surface area contributed by atoms with Gasteiger partial charge in [0.25, 0.3) is 0 Å². The van der Waals surface area contributed by atoms with Gasteiger partial charge in [-0.25, -0.2) is 0 Å². The third-order valence-corrected chi connectivity index (χ3v) is 4.59. The third kappa shape index (κ3) is 2.26. The van der Waals surface area contributed by atoms with Crippen LogP contribution in [0.5, 0.6) is 0 Å². The number of nitrogens with zero attached hydrogens (tertiary/aromatic N) is 1. The van der Waals surface area contributed by atoms with Crippen molar-refractivity contribution in [2.24, 2.45) is 5.73 Å². The van der Waals surface area contributed by atoms with Crippen LogP contribution in [0.15, 0.2) is 24.3 Å². The summed E-state index contributed by atoms with van der Waals surface area (Å²) in [5.74, 6) is 0. The summed E-state index contributed by atoms with van der Waals surface area (Å²) in [6, 6.07) is 9.74. The maximum Gasteiger partial charge on any atom is 0.0417 e. The van der Waals surface area contributed by atoms with E-state index in [2.05, 4.69) is 29.2 Å². The zero-order valence-electron chi connectivity index (χ0n) is 11.1. The summed E-state index contributed by atoms with van der Waals surface area (Å²) in [5.41, 5.74) is 9.00. The predicted molar refractivity (Wildman–Crippen MR) is 76.8 cm³/mol. The average Bonchev–Trinajstić information content (AvgIpc) is 2.68. The largest absolute Gasteiger partial charge is 0.368 e. The highest BCUT2D eigenvalue weighted by Gasteiger charge is 2.27. The summed E-state index contributed by atoms with van der Waals surface area (Å²) < 4.78 is 0. The fourth-order valence-corrected chi connectivity index (χ4v) is 3.57. The third-order valence-electron chi connectivity index (χ3n) is 4.59. The van der Waals surface area contributed by atoms with Gasteiger partial charge >= 0.3 is 0 Å². The average molecular weight is 244 g/mol. The molecule has 3 rings (SSSR count). The van der Waals surface area contributed by atoms with Gasteiger partial charge in [-0.3, -0.25) is 0 Å². The van der Waals surface area contributed by atoms with Crippen LogP contribution in [-0.2, 0) is 0 Å². The topological polar surface area (TPSA) is 29.3 Å². The molecule has 2 nitrogen and oxygen atoms in total. The van der Waals surface area contributed by atoms with Gasteiger partial charge in [-0.2, -0.15) is 0 Å². The number of hydrogen-bond donors (Lipinski definition) is 1. The molecule has 1 heterocycles. The molecule has 0 amide bonds. The highest BCUT2D eigenvalue weighted by molar-refractivity contribution is 5.57. The first kappa shape index (κ1) is 12.0. The molecule has 18 heavy (non-hydrogen) atoms. The van der Waals surface area contributed by atoms with Gasteiger partial charge in [0.1, 0.15) is 0 Å². The minimum Gasteiger partial charge on any atom is -0.368 e. The molecule has 0 bridgehead atoms. The Morgan fingerprint density at radius 3 is 2.44 bits per heavy atom. The van der Waals surface area contributed by atoms with E-state index in [1.807, 2.05) is 0 Å². The minimum atomic E-state index is 0.239. The molecule has 2 heteroatoms. The molecule has 1 unspecified atom stereocenters. The molecule has 0 aromatic heterocycles. The highest BCUT2D eigenvalue weighted by atomic mass is 15.2. The molecule has 2 aliphatic rings. The molecule has 0 saturated heterocycles. The molecule has 1 aromatic rings. The number of fused-ring (bicyclic) bond motifs is 1. The molecular weight excluding hydrogens is 220 g/mol. The maximum absolute atomic E-state index is 6.24. The van der Waals surface area contributed by atoms with E-state index in [0.717, 1.165) is 19.0 Å². The van der Waals surface area contributed by atoms with Gasteiger partial charge in [0, 0.05) is 24.3 Å². The minimum absolute atomic E-state index is 0.239. The van der Waals surface area contributed by atoms with E-state index in [1.165, 1.54) is 49.8 Å². The lowest BCUT2D eigenvalue weighted by Gasteiger charge is -2.39. The van der Waals surface area contributed by atoms with Gasteiger partial charge in [0.15, 0.2) is 0 Å². The first-order valence-electron chi connectivity index (χ1n) is 7.47. The van der Waals surface area contributed by atoms with Crippen LogP contribution >= 0.6 is 0 Å². The molecule has 1 aromatic carbocycles. The Morgan fingerprint density at radius 2 is 1.67 bits per heavy atom. The number of hydrogen-bond acceptors (Lipinski definition) is 2. The van der Waals surface area contributed by atoms with Gasteiger partial charge in [-0.15, -0.1) is 0 Å². The lowest BCUT2D eigenvalue weighted by atomic mass is 9.94. The number of anilines is 1. The van der Waals surface area contributed by atoms with Crippen molar-refractivity contribution in [2.45, 2.75) is 57.0 Å². The van der Waals surface area contributed by atoms with Crippen LogP contribution in [0, 0.1) is 0 Å². The quantitative estimate of drug-likeness (QED) is 0.765. The van der Waals surface area contributed by atoms with Gasteiger partial charge in [0.2, 0.25) is 0 Å². The Hall–Kier alpha value is -1.02. The lowest BCUT2D eigenvalue weighted by Crippen LogP contribution is -2.41. The summed E-state index contributed by atoms with van der Waals surface area (Å²) >= 11 is 0. The van der Waals surface area contributed by atoms with Gasteiger partial charge in [-0.05, 0) is 30.9 Å². The van der Waals surface area contributed by atoms with Crippen LogP contribution in [0.1, 0.15) is 56.6 Å². The fourth-order valence-electron chi connectivity index (χ4n) is 3.57. The zero-order chi connectivity index (χ0) is 12.4. The molecular formula is C16H24N2. The van der Waals surface area contributed by atoms with E-state index in [0.29, 0.717) is 0 Å². The molecule has 0 radical (unpaired) electrons. The molecule has 1 aliphatic heterocycles. The Balaban J connectivity index is 1.86. The summed E-state index contributed by atoms with van der Waals surface area (Å²) in [6.45, 7) is 1.14. The van der Waals surface area contributed by atoms with Crippen molar-refractivity contribution >= 4 is 5.69 Å². The molecule has 1 saturated carbocycles. The van der Waals surface area contributed by atoms with E-state index in [1.54, 1.807) is 0 Å². The molecule has 0 spiro atoms. The van der Waals surface area contributed by atoms with Crippen molar-refractivity contribution in [1.82, 2.24) is 0 Å². The zero-order valence-corrected chi connectivity index (χ0v) is 11.1. The van der Waals surface area contributed by atoms with Crippen LogP contribution in [0.2, 0.25) is 0 Å². The Morgan fingerprint density at radius 1 is 0.944 bits per heavy atom. The van der Waals surface area contributed by atoms with Gasteiger partial charge < -0.3 is 10.6 Å². The second-order valence-corrected chi connectivity index (χ2v) is 5.79. The van der Waals surface area contributed by atoms with Crippen molar-refractivity contribution in [3.63, 3.8) is 0 Å². The van der Waals surface area contributed by atoms with Crippen molar-refractivity contribution in [3.8, 4) is 0 Å². The van der Waals surface area contributed by atoms with Crippen LogP contribution in [0.4, 0.5) is 5.69 Å². The number of nitrogens with two attached hydrogens (primary N) is 1. The molecule has 98 valence electrons. The van der Waals surface area contributed by atoms with Crippen LogP contribution in [0.3, 0.4) is 0 Å². The Labute approximate surface area is 110 Å². The number of benzene rings is 1. The SMILES string of the molecule is NC1CCN(C2CCCCCC2)c2ccccc21. The van der Waals surface area contributed by atoms with Crippen molar-refractivity contribution in [1.29, 1.82) is 0 Å². The highest BCUT2D eigenvalue weighted by Crippen LogP contribution is 2.36. The number of para-hydroxylation sites is 1. The molecule has 1 fully saturated rings. The van der Waals surface area contributed by atoms with Crippen LogP contribution in [0.25, 0.3) is 0 Å². The normalized spacial score (nSPS) is 25.6. The van der Waals surface area contributed by atoms with E-state index < -0.39 is 0 Å². The summed E-state index contributed by atoms with van der Waals surface area (Å²) in [4.78, 5) is 2.64. The van der Waals surface area contributed by atoms with Crippen molar-refractivity contribution in [2.75, 3.05) is 11.4 Å². The monoisotopic (exact) mass is 244 g/mol. The van der Waals surface area contributed by atoms with E-state index in [-0.39, 0.29) is 6.04 Å². The van der Waals surface area contributed by atoms with Crippen molar-refractivity contribution < 1.29 is 0 Å². The predicted octanol–water partition coefficient (Wildman–Crippen LogP) is 3.62. The van der Waals surface area contributed by atoms with Gasteiger partial charge in [0.05, 0.1) is 0 Å². The van der Waals surface area contributed by atoms with E-state index in [4.69, 9.17) is 5.73 Å². The standard InChI is InChI=1S/C16H24N2/c17-15-11-12-18(13-7-3-1-2-4-8-13)16-10-6-5-9-14(15)16/h5-6,9-10,13,15H,1-4,7-8,11-12,17H2. The van der Waals surface area contributed by atoms with E-state index in [9.17, 15) is 0 Å². The Kier molecular flexibility index (Phi) is 3.55. The smallest absolute Gasteiger partial charge is 0.0417 e. The molecule has 2 N–H and O–H groups in total. The van der Waals surface area contributed by atoms with Crippen LogP contribution in [-0.4, -0.2) is 12.6 Å². The summed E-state index contributed by atoms with van der Waals surface area (Å²) in [5, 5.41) is 0.